The van der Waals surface area contributed by atoms with Gasteiger partial charge in [-0.1, -0.05) is 48.2 Å². The van der Waals surface area contributed by atoms with Crippen molar-refractivity contribution in [2.24, 2.45) is 0 Å². The van der Waals surface area contributed by atoms with E-state index in [4.69, 9.17) is 0 Å². The number of thioether (sulfide) groups is 1. The summed E-state index contributed by atoms with van der Waals surface area (Å²) in [6.07, 6.45) is 1.81. The second-order valence-corrected chi connectivity index (χ2v) is 6.98. The zero-order valence-electron chi connectivity index (χ0n) is 12.2. The third-order valence-electron chi connectivity index (χ3n) is 3.48. The van der Waals surface area contributed by atoms with Crippen LogP contribution in [0.1, 0.15) is 4.88 Å². The summed E-state index contributed by atoms with van der Waals surface area (Å²) in [5, 5.41) is 13.0. The van der Waals surface area contributed by atoms with Gasteiger partial charge in [-0.3, -0.25) is 4.98 Å². The van der Waals surface area contributed by atoms with Crippen molar-refractivity contribution >= 4 is 34.0 Å². The van der Waals surface area contributed by atoms with Gasteiger partial charge in [-0.2, -0.15) is 0 Å². The predicted octanol–water partition coefficient (Wildman–Crippen LogP) is 5.05. The first-order valence-corrected chi connectivity index (χ1v) is 9.10. The number of pyridine rings is 1. The molecule has 0 aliphatic heterocycles. The normalized spacial score (nSPS) is 11.0. The minimum Gasteiger partial charge on any atom is -0.254 e. The lowest BCUT2D eigenvalue weighted by atomic mass is 10.1. The quantitative estimate of drug-likeness (QED) is 0.489. The molecule has 0 spiro atoms. The minimum atomic E-state index is 0.835. The van der Waals surface area contributed by atoms with Crippen molar-refractivity contribution in [2.45, 2.75) is 10.8 Å². The number of nitrogens with zero attached hydrogens (tertiary/aromatic N) is 3. The fourth-order valence-corrected chi connectivity index (χ4v) is 4.13. The van der Waals surface area contributed by atoms with Crippen molar-refractivity contribution in [1.82, 2.24) is 15.2 Å². The van der Waals surface area contributed by atoms with Crippen molar-refractivity contribution in [2.75, 3.05) is 0 Å². The van der Waals surface area contributed by atoms with Crippen LogP contribution in [-0.2, 0) is 5.75 Å². The molecular formula is C18H13N3S2. The van der Waals surface area contributed by atoms with Crippen LogP contribution in [0.4, 0.5) is 0 Å². The third kappa shape index (κ3) is 2.98. The Balaban J connectivity index is 1.76. The molecule has 3 nitrogen and oxygen atoms in total. The maximum absolute atomic E-state index is 4.55. The first kappa shape index (κ1) is 14.4. The Bertz CT molecular complexity index is 922. The van der Waals surface area contributed by atoms with E-state index < -0.39 is 0 Å². The lowest BCUT2D eigenvalue weighted by molar-refractivity contribution is 0.957. The molecule has 5 heteroatoms. The van der Waals surface area contributed by atoms with Gasteiger partial charge in [0.1, 0.15) is 16.2 Å². The summed E-state index contributed by atoms with van der Waals surface area (Å²) in [6, 6.07) is 18.3. The van der Waals surface area contributed by atoms with Gasteiger partial charge in [0.15, 0.2) is 0 Å². The Hall–Kier alpha value is -2.24. The van der Waals surface area contributed by atoms with Gasteiger partial charge in [-0.05, 0) is 23.6 Å². The summed E-state index contributed by atoms with van der Waals surface area (Å²) in [5.41, 5.74) is 2.78. The van der Waals surface area contributed by atoms with Crippen LogP contribution in [0.5, 0.6) is 0 Å². The number of rotatable bonds is 4. The van der Waals surface area contributed by atoms with E-state index in [1.54, 1.807) is 23.1 Å². The number of hydrogen-bond donors (Lipinski definition) is 0. The van der Waals surface area contributed by atoms with Crippen LogP contribution >= 0.6 is 23.1 Å². The van der Waals surface area contributed by atoms with E-state index in [1.807, 2.05) is 42.6 Å². The number of hydrogen-bond acceptors (Lipinski definition) is 5. The molecule has 0 saturated carbocycles. The first-order valence-electron chi connectivity index (χ1n) is 7.24. The molecule has 0 unspecified atom stereocenters. The highest BCUT2D eigenvalue weighted by Gasteiger charge is 2.12. The van der Waals surface area contributed by atoms with Gasteiger partial charge in [0.25, 0.3) is 0 Å². The van der Waals surface area contributed by atoms with Gasteiger partial charge in [-0.15, -0.1) is 21.5 Å². The highest BCUT2D eigenvalue weighted by Crippen LogP contribution is 2.32. The van der Waals surface area contributed by atoms with Crippen LogP contribution in [0.3, 0.4) is 0 Å². The molecule has 0 fully saturated rings. The summed E-state index contributed by atoms with van der Waals surface area (Å²) in [5.74, 6) is 0.904. The van der Waals surface area contributed by atoms with Crippen LogP contribution in [0.25, 0.3) is 22.2 Å². The molecule has 3 aromatic heterocycles. The van der Waals surface area contributed by atoms with Crippen molar-refractivity contribution in [3.05, 3.63) is 71.1 Å². The molecule has 0 atom stereocenters. The number of aromatic nitrogens is 3. The Labute approximate surface area is 142 Å². The minimum absolute atomic E-state index is 0.835. The topological polar surface area (TPSA) is 38.7 Å². The molecule has 0 saturated heterocycles. The molecule has 4 rings (SSSR count). The molecule has 4 aromatic rings. The summed E-state index contributed by atoms with van der Waals surface area (Å²) in [4.78, 5) is 5.88. The maximum Gasteiger partial charge on any atom is 0.129 e. The summed E-state index contributed by atoms with van der Waals surface area (Å²) in [6.45, 7) is 0. The van der Waals surface area contributed by atoms with E-state index in [0.29, 0.717) is 0 Å². The molecule has 3 heterocycles. The Morgan fingerprint density at radius 3 is 2.65 bits per heavy atom. The molecule has 0 N–H and O–H groups in total. The number of thiophene rings is 1. The SMILES string of the molecule is c1ccc(-c2nnc(SCc3cccs3)c3cccnc23)cc1. The van der Waals surface area contributed by atoms with Gasteiger partial charge in [-0.25, -0.2) is 0 Å². The summed E-state index contributed by atoms with van der Waals surface area (Å²) in [7, 11) is 0. The molecule has 0 aliphatic rings. The summed E-state index contributed by atoms with van der Waals surface area (Å²) < 4.78 is 0. The second kappa shape index (κ2) is 6.48. The fraction of sp³-hybridized carbons (Fsp3) is 0.0556. The maximum atomic E-state index is 4.55. The largest absolute Gasteiger partial charge is 0.254 e. The molecule has 23 heavy (non-hydrogen) atoms. The Morgan fingerprint density at radius 1 is 0.913 bits per heavy atom. The smallest absolute Gasteiger partial charge is 0.129 e. The summed E-state index contributed by atoms with van der Waals surface area (Å²) >= 11 is 3.47. The van der Waals surface area contributed by atoms with Gasteiger partial charge in [0.05, 0.1) is 0 Å². The van der Waals surface area contributed by atoms with Gasteiger partial charge in [0.2, 0.25) is 0 Å². The van der Waals surface area contributed by atoms with Crippen LogP contribution in [0, 0.1) is 0 Å². The van der Waals surface area contributed by atoms with Crippen LogP contribution in [0.15, 0.2) is 71.2 Å². The van der Waals surface area contributed by atoms with Gasteiger partial charge < -0.3 is 0 Å². The zero-order valence-corrected chi connectivity index (χ0v) is 13.8. The van der Waals surface area contributed by atoms with E-state index >= 15 is 0 Å². The van der Waals surface area contributed by atoms with Crippen molar-refractivity contribution in [3.8, 4) is 11.3 Å². The van der Waals surface area contributed by atoms with Crippen molar-refractivity contribution < 1.29 is 0 Å². The molecule has 0 amide bonds. The number of benzene rings is 1. The first-order chi connectivity index (χ1) is 11.4. The molecule has 0 bridgehead atoms. The fourth-order valence-electron chi connectivity index (χ4n) is 2.39. The van der Waals surface area contributed by atoms with Crippen molar-refractivity contribution in [3.63, 3.8) is 0 Å². The number of fused-ring (bicyclic) bond motifs is 1. The average Bonchev–Trinajstić information content (AvgIpc) is 3.14. The molecule has 1 aromatic carbocycles. The third-order valence-corrected chi connectivity index (χ3v) is 5.57. The lowest BCUT2D eigenvalue weighted by Crippen LogP contribution is -1.95. The average molecular weight is 335 g/mol. The van der Waals surface area contributed by atoms with E-state index in [1.165, 1.54) is 4.88 Å². The van der Waals surface area contributed by atoms with Crippen LogP contribution < -0.4 is 0 Å². The highest BCUT2D eigenvalue weighted by atomic mass is 32.2. The predicted molar refractivity (Wildman–Crippen MR) is 96.6 cm³/mol. The standard InChI is InChI=1S/C18H13N3S2/c1-2-6-13(7-3-1)16-17-15(9-4-10-19-17)18(21-20-16)23-12-14-8-5-11-22-14/h1-11H,12H2. The van der Waals surface area contributed by atoms with Crippen molar-refractivity contribution in [1.29, 1.82) is 0 Å². The molecule has 112 valence electrons. The Kier molecular flexibility index (Phi) is 4.05. The monoisotopic (exact) mass is 335 g/mol. The second-order valence-electron chi connectivity index (χ2n) is 4.99. The van der Waals surface area contributed by atoms with E-state index in [9.17, 15) is 0 Å². The van der Waals surface area contributed by atoms with E-state index in [2.05, 4.69) is 38.8 Å². The lowest BCUT2D eigenvalue weighted by Gasteiger charge is -2.07. The molecule has 0 radical (unpaired) electrons. The molecule has 0 aliphatic carbocycles. The van der Waals surface area contributed by atoms with Crippen LogP contribution in [0.2, 0.25) is 0 Å². The van der Waals surface area contributed by atoms with Gasteiger partial charge in [0, 0.05) is 27.8 Å². The van der Waals surface area contributed by atoms with Crippen LogP contribution in [-0.4, -0.2) is 15.2 Å². The Morgan fingerprint density at radius 2 is 1.83 bits per heavy atom. The molecular weight excluding hydrogens is 322 g/mol. The van der Waals surface area contributed by atoms with E-state index in [0.717, 1.165) is 32.9 Å². The highest BCUT2D eigenvalue weighted by molar-refractivity contribution is 7.98. The zero-order chi connectivity index (χ0) is 15.5. The van der Waals surface area contributed by atoms with Gasteiger partial charge >= 0.3 is 0 Å². The van der Waals surface area contributed by atoms with E-state index in [-0.39, 0.29) is 0 Å².